The summed E-state index contributed by atoms with van der Waals surface area (Å²) in [5, 5.41) is 3.93. The van der Waals surface area contributed by atoms with Crippen molar-refractivity contribution in [3.05, 3.63) is 76.9 Å². The van der Waals surface area contributed by atoms with Crippen molar-refractivity contribution in [2.24, 2.45) is 5.10 Å². The van der Waals surface area contributed by atoms with E-state index < -0.39 is 22.5 Å². The van der Waals surface area contributed by atoms with Gasteiger partial charge >= 0.3 is 0 Å². The van der Waals surface area contributed by atoms with Gasteiger partial charge in [-0.3, -0.25) is 4.79 Å². The average Bonchev–Trinajstić information content (AvgIpc) is 2.83. The van der Waals surface area contributed by atoms with E-state index in [0.717, 1.165) is 4.31 Å². The smallest absolute Gasteiger partial charge is 0.265 e. The van der Waals surface area contributed by atoms with Crippen molar-refractivity contribution >= 4 is 43.9 Å². The van der Waals surface area contributed by atoms with Crippen LogP contribution in [0.25, 0.3) is 0 Å². The van der Waals surface area contributed by atoms with Gasteiger partial charge in [-0.15, -0.1) is 0 Å². The van der Waals surface area contributed by atoms with Crippen LogP contribution in [0.1, 0.15) is 5.56 Å². The van der Waals surface area contributed by atoms with E-state index in [1.165, 1.54) is 44.8 Å². The summed E-state index contributed by atoms with van der Waals surface area (Å²) in [6.07, 6.45) is 2.86. The van der Waals surface area contributed by atoms with E-state index in [0.29, 0.717) is 21.5 Å². The Bertz CT molecular complexity index is 1240. The molecule has 0 atom stereocenters. The highest BCUT2D eigenvalue weighted by Crippen LogP contribution is 2.35. The van der Waals surface area contributed by atoms with Crippen molar-refractivity contribution in [2.75, 3.05) is 25.1 Å². The number of hydrazone groups is 1. The molecule has 0 fully saturated rings. The van der Waals surface area contributed by atoms with E-state index in [-0.39, 0.29) is 10.7 Å². The quantitative estimate of drug-likeness (QED) is 0.334. The second kappa shape index (κ2) is 10.9. The van der Waals surface area contributed by atoms with Crippen LogP contribution in [0.2, 0.25) is 0 Å². The fraction of sp³-hybridized carbons (Fsp3) is 0.136. The van der Waals surface area contributed by atoms with E-state index >= 15 is 0 Å². The summed E-state index contributed by atoms with van der Waals surface area (Å²) in [7, 11) is -1.000. The summed E-state index contributed by atoms with van der Waals surface area (Å²) < 4.78 is 38.5. The first-order valence-electron chi connectivity index (χ1n) is 9.59. The van der Waals surface area contributed by atoms with E-state index in [9.17, 15) is 13.2 Å². The van der Waals surface area contributed by atoms with Crippen LogP contribution in [0.3, 0.4) is 0 Å². The average molecular weight is 533 g/mol. The summed E-state index contributed by atoms with van der Waals surface area (Å²) in [6.45, 7) is -0.513. The van der Waals surface area contributed by atoms with Crippen molar-refractivity contribution in [1.82, 2.24) is 10.4 Å². The molecule has 0 spiro atoms. The third kappa shape index (κ3) is 5.88. The number of anilines is 1. The molecule has 1 aromatic heterocycles. The standard InChI is InChI=1S/C22H21BrN4O5S/c1-31-19-13-16(12-18(23)22(19)32-2)14-25-26-21(28)15-27(20-10-6-7-11-24-20)33(29,30)17-8-4-3-5-9-17/h3-14H,15H2,1-2H3,(H,26,28). The Morgan fingerprint density at radius 3 is 2.48 bits per heavy atom. The molecule has 0 saturated carbocycles. The number of amides is 1. The molecule has 1 amide bonds. The predicted octanol–water partition coefficient (Wildman–Crippen LogP) is 3.21. The molecule has 1 N–H and O–H groups in total. The molecule has 2 aromatic carbocycles. The first kappa shape index (κ1) is 24.2. The summed E-state index contributed by atoms with van der Waals surface area (Å²) in [5.41, 5.74) is 2.97. The third-order valence-electron chi connectivity index (χ3n) is 4.38. The summed E-state index contributed by atoms with van der Waals surface area (Å²) in [6, 6.07) is 16.0. The van der Waals surface area contributed by atoms with Crippen LogP contribution < -0.4 is 19.2 Å². The molecule has 172 valence electrons. The van der Waals surface area contributed by atoms with Gasteiger partial charge in [0, 0.05) is 6.20 Å². The molecule has 0 aliphatic heterocycles. The molecule has 1 heterocycles. The van der Waals surface area contributed by atoms with E-state index in [2.05, 4.69) is 31.4 Å². The number of sulfonamides is 1. The highest BCUT2D eigenvalue weighted by atomic mass is 79.9. The van der Waals surface area contributed by atoms with Crippen molar-refractivity contribution < 1.29 is 22.7 Å². The lowest BCUT2D eigenvalue weighted by Gasteiger charge is -2.22. The van der Waals surface area contributed by atoms with Crippen molar-refractivity contribution in [3.63, 3.8) is 0 Å². The molecule has 0 unspecified atom stereocenters. The van der Waals surface area contributed by atoms with Crippen molar-refractivity contribution in [1.29, 1.82) is 0 Å². The summed E-state index contributed by atoms with van der Waals surface area (Å²) in [4.78, 5) is 16.7. The maximum atomic E-state index is 13.2. The van der Waals surface area contributed by atoms with Gasteiger partial charge in [0.05, 0.1) is 29.8 Å². The van der Waals surface area contributed by atoms with E-state index in [1.807, 2.05) is 0 Å². The number of carbonyl (C=O) groups excluding carboxylic acids is 1. The van der Waals surface area contributed by atoms with Gasteiger partial charge in [-0.2, -0.15) is 5.10 Å². The number of nitrogens with zero attached hydrogens (tertiary/aromatic N) is 3. The van der Waals surface area contributed by atoms with Crippen LogP contribution in [0.4, 0.5) is 5.82 Å². The number of halogens is 1. The van der Waals surface area contributed by atoms with E-state index in [4.69, 9.17) is 9.47 Å². The Hall–Kier alpha value is -3.44. The molecule has 0 aliphatic rings. The number of hydrogen-bond acceptors (Lipinski definition) is 7. The Balaban J connectivity index is 1.79. The number of benzene rings is 2. The highest BCUT2D eigenvalue weighted by molar-refractivity contribution is 9.10. The third-order valence-corrected chi connectivity index (χ3v) is 6.74. The number of hydrogen-bond donors (Lipinski definition) is 1. The fourth-order valence-corrected chi connectivity index (χ4v) is 4.89. The van der Waals surface area contributed by atoms with Gasteiger partial charge in [-0.1, -0.05) is 24.3 Å². The molecule has 0 saturated heterocycles. The molecular formula is C22H21BrN4O5S. The fourth-order valence-electron chi connectivity index (χ4n) is 2.87. The molecule has 0 aliphatic carbocycles. The van der Waals surface area contributed by atoms with Crippen molar-refractivity contribution in [3.8, 4) is 11.5 Å². The summed E-state index contributed by atoms with van der Waals surface area (Å²) in [5.74, 6) is 0.478. The van der Waals surface area contributed by atoms with Crippen LogP contribution in [0.5, 0.6) is 11.5 Å². The highest BCUT2D eigenvalue weighted by Gasteiger charge is 2.27. The van der Waals surface area contributed by atoms with Gasteiger partial charge in [0.25, 0.3) is 15.9 Å². The molecule has 3 rings (SSSR count). The maximum absolute atomic E-state index is 13.2. The topological polar surface area (TPSA) is 110 Å². The lowest BCUT2D eigenvalue weighted by Crippen LogP contribution is -2.40. The van der Waals surface area contributed by atoms with Crippen LogP contribution in [-0.2, 0) is 14.8 Å². The molecule has 0 radical (unpaired) electrons. The first-order valence-corrected chi connectivity index (χ1v) is 11.8. The lowest BCUT2D eigenvalue weighted by molar-refractivity contribution is -0.119. The second-order valence-corrected chi connectivity index (χ2v) is 9.26. The van der Waals surface area contributed by atoms with Gasteiger partial charge in [0.15, 0.2) is 11.5 Å². The molecule has 3 aromatic rings. The van der Waals surface area contributed by atoms with Crippen LogP contribution in [-0.4, -0.2) is 46.3 Å². The van der Waals surface area contributed by atoms with E-state index in [1.54, 1.807) is 42.5 Å². The van der Waals surface area contributed by atoms with Crippen molar-refractivity contribution in [2.45, 2.75) is 4.90 Å². The van der Waals surface area contributed by atoms with Gasteiger partial charge in [-0.25, -0.2) is 23.1 Å². The number of nitrogens with one attached hydrogen (secondary N) is 1. The molecule has 9 nitrogen and oxygen atoms in total. The number of carbonyl (C=O) groups is 1. The number of ether oxygens (including phenoxy) is 2. The zero-order valence-electron chi connectivity index (χ0n) is 17.8. The minimum atomic E-state index is -4.03. The van der Waals surface area contributed by atoms with Gasteiger partial charge in [-0.05, 0) is 57.9 Å². The molecule has 33 heavy (non-hydrogen) atoms. The number of aromatic nitrogens is 1. The van der Waals surface area contributed by atoms with Gasteiger partial charge in [0.2, 0.25) is 0 Å². The monoisotopic (exact) mass is 532 g/mol. The SMILES string of the molecule is COc1cc(C=NNC(=O)CN(c2ccccn2)S(=O)(=O)c2ccccc2)cc(Br)c1OC. The van der Waals surface area contributed by atoms with Gasteiger partial charge < -0.3 is 9.47 Å². The number of methoxy groups -OCH3 is 2. The normalized spacial score (nSPS) is 11.2. The Kier molecular flexibility index (Phi) is 8.01. The Morgan fingerprint density at radius 2 is 1.85 bits per heavy atom. The molecule has 0 bridgehead atoms. The first-order chi connectivity index (χ1) is 15.9. The maximum Gasteiger partial charge on any atom is 0.265 e. The Labute approximate surface area is 200 Å². The van der Waals surface area contributed by atoms with Gasteiger partial charge in [0.1, 0.15) is 12.4 Å². The molecular weight excluding hydrogens is 512 g/mol. The Morgan fingerprint density at radius 1 is 1.12 bits per heavy atom. The zero-order valence-corrected chi connectivity index (χ0v) is 20.2. The lowest BCUT2D eigenvalue weighted by atomic mass is 10.2. The predicted molar refractivity (Wildman–Crippen MR) is 128 cm³/mol. The minimum Gasteiger partial charge on any atom is -0.493 e. The largest absolute Gasteiger partial charge is 0.493 e. The number of rotatable bonds is 9. The van der Waals surface area contributed by atoms with Crippen LogP contribution in [0, 0.1) is 0 Å². The minimum absolute atomic E-state index is 0.0436. The summed E-state index contributed by atoms with van der Waals surface area (Å²) >= 11 is 3.39. The van der Waals surface area contributed by atoms with Crippen LogP contribution in [0.15, 0.2) is 81.3 Å². The van der Waals surface area contributed by atoms with Crippen LogP contribution >= 0.6 is 15.9 Å². The molecule has 11 heteroatoms. The zero-order chi connectivity index (χ0) is 23.8. The number of pyridine rings is 1. The second-order valence-electron chi connectivity index (χ2n) is 6.54.